The molecule has 1 aliphatic rings. The average molecular weight is 349 g/mol. The minimum absolute atomic E-state index is 0.00825. The minimum atomic E-state index is -3.68. The Hall–Kier alpha value is -1.91. The lowest BCUT2D eigenvalue weighted by Crippen LogP contribution is -2.46. The van der Waals surface area contributed by atoms with Gasteiger partial charge in [-0.05, 0) is 30.9 Å². The van der Waals surface area contributed by atoms with Crippen LogP contribution < -0.4 is 5.32 Å². The number of hydrogen-bond acceptors (Lipinski definition) is 4. The van der Waals surface area contributed by atoms with Gasteiger partial charge in [0.05, 0.1) is 10.5 Å². The molecule has 130 valence electrons. The van der Waals surface area contributed by atoms with E-state index < -0.39 is 10.0 Å². The first-order valence-electron chi connectivity index (χ1n) is 8.13. The molecule has 1 aromatic carbocycles. The number of rotatable bonds is 5. The van der Waals surface area contributed by atoms with Gasteiger partial charge in [-0.1, -0.05) is 26.0 Å². The standard InChI is InChI=1S/C17H23N3O3S/c1-13(2)11-17(21)19-15-7-9-20(10-8-15)24(22,23)16-6-4-3-5-14(16)12-18/h3-6,13,15H,7-11H2,1-2H3,(H,19,21). The topological polar surface area (TPSA) is 90.3 Å². The zero-order valence-electron chi connectivity index (χ0n) is 14.0. The maximum Gasteiger partial charge on any atom is 0.244 e. The lowest BCUT2D eigenvalue weighted by Gasteiger charge is -2.32. The van der Waals surface area contributed by atoms with E-state index in [0.717, 1.165) is 0 Å². The Labute approximate surface area is 143 Å². The molecule has 1 aliphatic heterocycles. The summed E-state index contributed by atoms with van der Waals surface area (Å²) >= 11 is 0. The summed E-state index contributed by atoms with van der Waals surface area (Å²) in [6.07, 6.45) is 1.64. The molecule has 1 amide bonds. The highest BCUT2D eigenvalue weighted by atomic mass is 32.2. The molecule has 1 saturated heterocycles. The predicted octanol–water partition coefficient (Wildman–Crippen LogP) is 1.87. The number of nitrogens with zero attached hydrogens (tertiary/aromatic N) is 2. The number of piperidine rings is 1. The number of benzene rings is 1. The second-order valence-corrected chi connectivity index (χ2v) is 8.36. The van der Waals surface area contributed by atoms with E-state index in [1.165, 1.54) is 16.4 Å². The molecule has 1 aromatic rings. The number of carbonyl (C=O) groups is 1. The Morgan fingerprint density at radius 1 is 1.33 bits per heavy atom. The van der Waals surface area contributed by atoms with Gasteiger partial charge < -0.3 is 5.32 Å². The number of sulfonamides is 1. The molecule has 0 bridgehead atoms. The van der Waals surface area contributed by atoms with Gasteiger partial charge in [-0.25, -0.2) is 8.42 Å². The van der Waals surface area contributed by atoms with Crippen LogP contribution in [-0.4, -0.2) is 37.8 Å². The number of nitriles is 1. The molecule has 0 aromatic heterocycles. The molecule has 6 nitrogen and oxygen atoms in total. The smallest absolute Gasteiger partial charge is 0.244 e. The van der Waals surface area contributed by atoms with Gasteiger partial charge in [0.2, 0.25) is 15.9 Å². The van der Waals surface area contributed by atoms with Gasteiger partial charge in [-0.3, -0.25) is 4.79 Å². The Kier molecular flexibility index (Phi) is 5.97. The van der Waals surface area contributed by atoms with Crippen molar-refractivity contribution >= 4 is 15.9 Å². The fourth-order valence-corrected chi connectivity index (χ4v) is 4.43. The van der Waals surface area contributed by atoms with Gasteiger partial charge in [-0.15, -0.1) is 0 Å². The summed E-state index contributed by atoms with van der Waals surface area (Å²) in [6.45, 7) is 4.66. The predicted molar refractivity (Wildman–Crippen MR) is 90.5 cm³/mol. The lowest BCUT2D eigenvalue weighted by atomic mass is 10.1. The molecule has 1 heterocycles. The Balaban J connectivity index is 2.01. The van der Waals surface area contributed by atoms with Gasteiger partial charge in [0.25, 0.3) is 0 Å². The van der Waals surface area contributed by atoms with Crippen LogP contribution in [-0.2, 0) is 14.8 Å². The number of nitrogens with one attached hydrogen (secondary N) is 1. The van der Waals surface area contributed by atoms with Gasteiger partial charge in [0.1, 0.15) is 6.07 Å². The monoisotopic (exact) mass is 349 g/mol. The van der Waals surface area contributed by atoms with E-state index in [2.05, 4.69) is 5.32 Å². The van der Waals surface area contributed by atoms with E-state index in [4.69, 9.17) is 5.26 Å². The van der Waals surface area contributed by atoms with Gasteiger partial charge in [0.15, 0.2) is 0 Å². The zero-order chi connectivity index (χ0) is 17.7. The summed E-state index contributed by atoms with van der Waals surface area (Å²) in [5.74, 6) is 0.314. The van der Waals surface area contributed by atoms with Crippen LogP contribution >= 0.6 is 0 Å². The van der Waals surface area contributed by atoms with E-state index in [1.807, 2.05) is 19.9 Å². The van der Waals surface area contributed by atoms with Crippen LogP contribution in [0.3, 0.4) is 0 Å². The van der Waals surface area contributed by atoms with Crippen LogP contribution in [0.25, 0.3) is 0 Å². The third-order valence-electron chi connectivity index (χ3n) is 4.04. The number of hydrogen-bond donors (Lipinski definition) is 1. The SMILES string of the molecule is CC(C)CC(=O)NC1CCN(S(=O)(=O)c2ccccc2C#N)CC1. The molecule has 7 heteroatoms. The molecular weight excluding hydrogens is 326 g/mol. The molecule has 0 radical (unpaired) electrons. The average Bonchev–Trinajstić information content (AvgIpc) is 2.54. The minimum Gasteiger partial charge on any atom is -0.353 e. The van der Waals surface area contributed by atoms with Crippen molar-refractivity contribution in [3.8, 4) is 6.07 Å². The largest absolute Gasteiger partial charge is 0.353 e. The lowest BCUT2D eigenvalue weighted by molar-refractivity contribution is -0.122. The van der Waals surface area contributed by atoms with Crippen molar-refractivity contribution in [2.45, 2.75) is 44.0 Å². The highest BCUT2D eigenvalue weighted by Crippen LogP contribution is 2.23. The third-order valence-corrected chi connectivity index (χ3v) is 5.99. The highest BCUT2D eigenvalue weighted by molar-refractivity contribution is 7.89. The molecule has 0 aliphatic carbocycles. The van der Waals surface area contributed by atoms with Crippen molar-refractivity contribution in [3.05, 3.63) is 29.8 Å². The fraction of sp³-hybridized carbons (Fsp3) is 0.529. The van der Waals surface area contributed by atoms with Crippen LogP contribution in [0.4, 0.5) is 0 Å². The van der Waals surface area contributed by atoms with Crippen molar-refractivity contribution in [2.24, 2.45) is 5.92 Å². The van der Waals surface area contributed by atoms with E-state index in [1.54, 1.807) is 12.1 Å². The first-order chi connectivity index (χ1) is 11.3. The van der Waals surface area contributed by atoms with Crippen LogP contribution in [0, 0.1) is 17.2 Å². The molecule has 0 saturated carbocycles. The normalized spacial score (nSPS) is 16.8. The molecule has 1 N–H and O–H groups in total. The van der Waals surface area contributed by atoms with Gasteiger partial charge in [0, 0.05) is 25.6 Å². The quantitative estimate of drug-likeness (QED) is 0.879. The molecule has 24 heavy (non-hydrogen) atoms. The zero-order valence-corrected chi connectivity index (χ0v) is 14.8. The van der Waals surface area contributed by atoms with E-state index in [9.17, 15) is 13.2 Å². The van der Waals surface area contributed by atoms with E-state index in [0.29, 0.717) is 38.3 Å². The number of amides is 1. The van der Waals surface area contributed by atoms with E-state index in [-0.39, 0.29) is 22.4 Å². The van der Waals surface area contributed by atoms with Crippen molar-refractivity contribution < 1.29 is 13.2 Å². The van der Waals surface area contributed by atoms with Crippen molar-refractivity contribution in [1.82, 2.24) is 9.62 Å². The van der Waals surface area contributed by atoms with Crippen LogP contribution in [0.2, 0.25) is 0 Å². The van der Waals surface area contributed by atoms with Crippen molar-refractivity contribution in [1.29, 1.82) is 5.26 Å². The fourth-order valence-electron chi connectivity index (χ4n) is 2.82. The third kappa shape index (κ3) is 4.34. The van der Waals surface area contributed by atoms with Crippen LogP contribution in [0.5, 0.6) is 0 Å². The van der Waals surface area contributed by atoms with E-state index >= 15 is 0 Å². The summed E-state index contributed by atoms with van der Waals surface area (Å²) in [5.41, 5.74) is 0.157. The van der Waals surface area contributed by atoms with Crippen LogP contribution in [0.1, 0.15) is 38.7 Å². The van der Waals surface area contributed by atoms with Crippen molar-refractivity contribution in [2.75, 3.05) is 13.1 Å². The second kappa shape index (κ2) is 7.77. The summed E-state index contributed by atoms with van der Waals surface area (Å²) in [7, 11) is -3.68. The maximum atomic E-state index is 12.7. The summed E-state index contributed by atoms with van der Waals surface area (Å²) in [5, 5.41) is 12.1. The van der Waals surface area contributed by atoms with Gasteiger partial charge in [-0.2, -0.15) is 9.57 Å². The van der Waals surface area contributed by atoms with Crippen LogP contribution in [0.15, 0.2) is 29.2 Å². The van der Waals surface area contributed by atoms with Crippen molar-refractivity contribution in [3.63, 3.8) is 0 Å². The molecule has 1 fully saturated rings. The number of carbonyl (C=O) groups excluding carboxylic acids is 1. The molecule has 0 atom stereocenters. The Morgan fingerprint density at radius 3 is 2.54 bits per heavy atom. The molecule has 0 unspecified atom stereocenters. The Morgan fingerprint density at radius 2 is 1.96 bits per heavy atom. The molecular formula is C17H23N3O3S. The van der Waals surface area contributed by atoms with Gasteiger partial charge >= 0.3 is 0 Å². The first kappa shape index (κ1) is 18.4. The Bertz CT molecular complexity index is 730. The maximum absolute atomic E-state index is 12.7. The highest BCUT2D eigenvalue weighted by Gasteiger charge is 2.31. The summed E-state index contributed by atoms with van der Waals surface area (Å²) in [4.78, 5) is 11.9. The summed E-state index contributed by atoms with van der Waals surface area (Å²) < 4.78 is 26.9. The first-order valence-corrected chi connectivity index (χ1v) is 9.57. The molecule has 0 spiro atoms. The second-order valence-electron chi connectivity index (χ2n) is 6.45. The summed E-state index contributed by atoms with van der Waals surface area (Å²) in [6, 6.07) is 8.17. The molecule has 2 rings (SSSR count).